The van der Waals surface area contributed by atoms with E-state index >= 15 is 0 Å². The van der Waals surface area contributed by atoms with Crippen molar-refractivity contribution >= 4 is 19.0 Å². The molecule has 0 spiro atoms. The third-order valence-corrected chi connectivity index (χ3v) is 6.25. The van der Waals surface area contributed by atoms with Crippen LogP contribution in [0.2, 0.25) is 6.82 Å². The lowest BCUT2D eigenvalue weighted by atomic mass is 9.83. The molecule has 4 N–H and O–H groups in total. The van der Waals surface area contributed by atoms with E-state index in [1.165, 1.54) is 6.42 Å². The molecule has 3 rings (SSSR count). The summed E-state index contributed by atoms with van der Waals surface area (Å²) in [4.78, 5) is 33.4. The van der Waals surface area contributed by atoms with Crippen LogP contribution in [0.3, 0.4) is 0 Å². The number of piperazine rings is 1. The molecule has 10 nitrogen and oxygen atoms in total. The molecule has 0 unspecified atom stereocenters. The highest BCUT2D eigenvalue weighted by Crippen LogP contribution is 2.19. The Kier molecular flexibility index (Phi) is 8.74. The van der Waals surface area contributed by atoms with Gasteiger partial charge in [-0.15, -0.1) is 0 Å². The summed E-state index contributed by atoms with van der Waals surface area (Å²) in [6.07, 6.45) is 9.55. The number of aryl methyl sites for hydroxylation is 1. The Labute approximate surface area is 184 Å². The minimum Gasteiger partial charge on any atom is -0.437 e. The Balaban J connectivity index is 1.54. The number of hydrogen-bond donors (Lipinski definition) is 4. The van der Waals surface area contributed by atoms with Gasteiger partial charge in [-0.25, -0.2) is 9.78 Å². The average molecular weight is 434 g/mol. The standard InChI is InChI=1S/C20H35BN6O4/c1-21(31)26-12-13-27(20(30)24-16-6-3-2-4-7-16)17(14-26)19(29)23-8-5-10-25-11-9-22-18(25)15-28/h9,11,16-17,28,31H,2-8,10,12-15H2,1H3,(H,23,29)(H,24,30)/t17-/m1/s1. The quantitative estimate of drug-likeness (QED) is 0.338. The number of imidazole rings is 1. The summed E-state index contributed by atoms with van der Waals surface area (Å²) in [5.41, 5.74) is 0. The van der Waals surface area contributed by atoms with Gasteiger partial charge in [-0.05, 0) is 26.1 Å². The van der Waals surface area contributed by atoms with Gasteiger partial charge < -0.3 is 35.0 Å². The number of aromatic nitrogens is 2. The Morgan fingerprint density at radius 3 is 2.74 bits per heavy atom. The number of urea groups is 1. The molecule has 3 amide bonds. The molecule has 1 aliphatic carbocycles. The maximum absolute atomic E-state index is 13.0. The summed E-state index contributed by atoms with van der Waals surface area (Å²) in [6, 6.07) is -0.660. The fourth-order valence-electron chi connectivity index (χ4n) is 4.39. The summed E-state index contributed by atoms with van der Waals surface area (Å²) in [6.45, 7) is 3.87. The zero-order valence-electron chi connectivity index (χ0n) is 18.4. The van der Waals surface area contributed by atoms with Gasteiger partial charge in [0.2, 0.25) is 5.91 Å². The molecule has 11 heteroatoms. The van der Waals surface area contributed by atoms with Crippen molar-refractivity contribution in [1.29, 1.82) is 0 Å². The lowest BCUT2D eigenvalue weighted by Crippen LogP contribution is -2.64. The highest BCUT2D eigenvalue weighted by molar-refractivity contribution is 6.45. The molecule has 0 radical (unpaired) electrons. The number of nitrogens with zero attached hydrogens (tertiary/aromatic N) is 4. The first-order valence-electron chi connectivity index (χ1n) is 11.4. The number of carbonyl (C=O) groups is 2. The first-order valence-corrected chi connectivity index (χ1v) is 11.4. The molecule has 2 heterocycles. The van der Waals surface area contributed by atoms with E-state index in [-0.39, 0.29) is 24.6 Å². The molecule has 0 bridgehead atoms. The van der Waals surface area contributed by atoms with Crippen LogP contribution in [0.15, 0.2) is 12.4 Å². The van der Waals surface area contributed by atoms with E-state index < -0.39 is 13.1 Å². The van der Waals surface area contributed by atoms with Crippen molar-refractivity contribution in [1.82, 2.24) is 29.9 Å². The molecule has 1 saturated heterocycles. The predicted octanol–water partition coefficient (Wildman–Crippen LogP) is 0.0205. The zero-order valence-corrected chi connectivity index (χ0v) is 18.4. The maximum atomic E-state index is 13.0. The number of carbonyl (C=O) groups excluding carboxylic acids is 2. The fraction of sp³-hybridized carbons (Fsp3) is 0.750. The summed E-state index contributed by atoms with van der Waals surface area (Å²) < 4.78 is 1.85. The summed E-state index contributed by atoms with van der Waals surface area (Å²) >= 11 is 0. The van der Waals surface area contributed by atoms with Crippen molar-refractivity contribution in [3.63, 3.8) is 0 Å². The van der Waals surface area contributed by atoms with Crippen molar-refractivity contribution in [2.45, 2.75) is 70.6 Å². The number of nitrogens with one attached hydrogen (secondary N) is 2. The predicted molar refractivity (Wildman–Crippen MR) is 117 cm³/mol. The van der Waals surface area contributed by atoms with E-state index in [0.29, 0.717) is 45.0 Å². The van der Waals surface area contributed by atoms with E-state index in [2.05, 4.69) is 15.6 Å². The molecular formula is C20H35BN6O4. The minimum atomic E-state index is -0.669. The molecule has 0 aromatic carbocycles. The number of aliphatic hydroxyl groups is 1. The topological polar surface area (TPSA) is 123 Å². The van der Waals surface area contributed by atoms with Gasteiger partial charge in [0.25, 0.3) is 0 Å². The van der Waals surface area contributed by atoms with Crippen molar-refractivity contribution < 1.29 is 19.7 Å². The zero-order chi connectivity index (χ0) is 22.2. The van der Waals surface area contributed by atoms with Gasteiger partial charge in [0.1, 0.15) is 18.5 Å². The van der Waals surface area contributed by atoms with E-state index in [1.807, 2.05) is 9.38 Å². The van der Waals surface area contributed by atoms with Crippen LogP contribution in [-0.2, 0) is 17.9 Å². The van der Waals surface area contributed by atoms with Gasteiger partial charge >= 0.3 is 13.1 Å². The Hall–Kier alpha value is -2.11. The van der Waals surface area contributed by atoms with Crippen LogP contribution in [0, 0.1) is 0 Å². The SMILES string of the molecule is CB(O)N1CCN(C(=O)NC2CCCCC2)[C@@H](C(=O)NCCCn2ccnc2CO)C1. The van der Waals surface area contributed by atoms with Crippen LogP contribution < -0.4 is 10.6 Å². The average Bonchev–Trinajstić information content (AvgIpc) is 3.24. The molecule has 2 fully saturated rings. The molecule has 1 aliphatic heterocycles. The molecule has 31 heavy (non-hydrogen) atoms. The van der Waals surface area contributed by atoms with Gasteiger partial charge in [0, 0.05) is 51.2 Å². The molecule has 1 aromatic heterocycles. The molecular weight excluding hydrogens is 399 g/mol. The monoisotopic (exact) mass is 434 g/mol. The summed E-state index contributed by atoms with van der Waals surface area (Å²) in [5, 5.41) is 25.3. The molecule has 1 aromatic rings. The van der Waals surface area contributed by atoms with Gasteiger partial charge in [-0.3, -0.25) is 4.79 Å². The van der Waals surface area contributed by atoms with Crippen molar-refractivity contribution in [2.75, 3.05) is 26.2 Å². The number of rotatable bonds is 8. The summed E-state index contributed by atoms with van der Waals surface area (Å²) in [5.74, 6) is 0.383. The number of hydrogen-bond acceptors (Lipinski definition) is 6. The molecule has 2 aliphatic rings. The largest absolute Gasteiger partial charge is 0.437 e. The lowest BCUT2D eigenvalue weighted by Gasteiger charge is -2.41. The van der Waals surface area contributed by atoms with Crippen molar-refractivity contribution in [2.24, 2.45) is 0 Å². The van der Waals surface area contributed by atoms with Crippen LogP contribution in [0.25, 0.3) is 0 Å². The van der Waals surface area contributed by atoms with Gasteiger partial charge in [-0.2, -0.15) is 0 Å². The Morgan fingerprint density at radius 2 is 2.03 bits per heavy atom. The second kappa shape index (κ2) is 11.5. The van der Waals surface area contributed by atoms with E-state index in [9.17, 15) is 19.7 Å². The number of amides is 3. The van der Waals surface area contributed by atoms with E-state index in [4.69, 9.17) is 0 Å². The van der Waals surface area contributed by atoms with E-state index in [0.717, 1.165) is 25.7 Å². The molecule has 172 valence electrons. The van der Waals surface area contributed by atoms with Crippen LogP contribution in [0.1, 0.15) is 44.3 Å². The third kappa shape index (κ3) is 6.44. The van der Waals surface area contributed by atoms with Crippen molar-refractivity contribution in [3.05, 3.63) is 18.2 Å². The van der Waals surface area contributed by atoms with Gasteiger partial charge in [-0.1, -0.05) is 19.3 Å². The normalized spacial score (nSPS) is 20.5. The summed E-state index contributed by atoms with van der Waals surface area (Å²) in [7, 11) is -0.669. The second-order valence-corrected chi connectivity index (χ2v) is 8.46. The highest BCUT2D eigenvalue weighted by Gasteiger charge is 2.37. The molecule has 1 saturated carbocycles. The second-order valence-electron chi connectivity index (χ2n) is 8.46. The molecule has 1 atom stereocenters. The number of aliphatic hydroxyl groups excluding tert-OH is 1. The first kappa shape index (κ1) is 23.6. The van der Waals surface area contributed by atoms with Crippen LogP contribution >= 0.6 is 0 Å². The minimum absolute atomic E-state index is 0.123. The smallest absolute Gasteiger partial charge is 0.376 e. The lowest BCUT2D eigenvalue weighted by molar-refractivity contribution is -0.126. The van der Waals surface area contributed by atoms with Crippen LogP contribution in [0.5, 0.6) is 0 Å². The Morgan fingerprint density at radius 1 is 1.26 bits per heavy atom. The van der Waals surface area contributed by atoms with E-state index in [1.54, 1.807) is 24.1 Å². The van der Waals surface area contributed by atoms with Gasteiger partial charge in [0.15, 0.2) is 0 Å². The third-order valence-electron chi connectivity index (χ3n) is 6.25. The Bertz CT molecular complexity index is 724. The highest BCUT2D eigenvalue weighted by atomic mass is 16.3. The maximum Gasteiger partial charge on any atom is 0.376 e. The van der Waals surface area contributed by atoms with Crippen LogP contribution in [-0.4, -0.2) is 86.6 Å². The van der Waals surface area contributed by atoms with Crippen LogP contribution in [0.4, 0.5) is 4.79 Å². The van der Waals surface area contributed by atoms with Crippen molar-refractivity contribution in [3.8, 4) is 0 Å². The van der Waals surface area contributed by atoms with Gasteiger partial charge in [0.05, 0.1) is 0 Å². The first-order chi connectivity index (χ1) is 15.0. The fourth-order valence-corrected chi connectivity index (χ4v) is 4.39.